The van der Waals surface area contributed by atoms with Crippen LogP contribution in [0.4, 0.5) is 0 Å². The van der Waals surface area contributed by atoms with Crippen molar-refractivity contribution < 1.29 is 0 Å². The third-order valence-corrected chi connectivity index (χ3v) is 3.66. The molecule has 21 heavy (non-hydrogen) atoms. The normalized spacial score (nSPS) is 9.95. The molecule has 0 aliphatic heterocycles. The van der Waals surface area contributed by atoms with Crippen LogP contribution in [0.3, 0.4) is 0 Å². The third kappa shape index (κ3) is 3.33. The van der Waals surface area contributed by atoms with Crippen LogP contribution in [-0.2, 0) is 0 Å². The number of pyridine rings is 1. The lowest BCUT2D eigenvalue weighted by Crippen LogP contribution is -1.93. The Labute approximate surface area is 128 Å². The van der Waals surface area contributed by atoms with Crippen molar-refractivity contribution in [1.82, 2.24) is 14.8 Å². The summed E-state index contributed by atoms with van der Waals surface area (Å²) in [6, 6.07) is 14.0. The second-order valence-corrected chi connectivity index (χ2v) is 5.22. The van der Waals surface area contributed by atoms with E-state index >= 15 is 0 Å². The van der Waals surface area contributed by atoms with E-state index in [-0.39, 0.29) is 0 Å². The Morgan fingerprint density at radius 2 is 1.90 bits per heavy atom. The van der Waals surface area contributed by atoms with E-state index in [1.807, 2.05) is 29.1 Å². The molecule has 0 N–H and O–H groups in total. The predicted octanol–water partition coefficient (Wildman–Crippen LogP) is 3.39. The van der Waals surface area contributed by atoms with Crippen LogP contribution >= 0.6 is 11.8 Å². The smallest absolute Gasteiger partial charge is 0.113 e. The summed E-state index contributed by atoms with van der Waals surface area (Å²) in [6.45, 7) is 0. The minimum absolute atomic E-state index is 0.759. The Balaban J connectivity index is 1.81. The number of aromatic nitrogens is 3. The molecule has 0 bridgehead atoms. The summed E-state index contributed by atoms with van der Waals surface area (Å²) in [7, 11) is 0. The van der Waals surface area contributed by atoms with Gasteiger partial charge in [0, 0.05) is 17.3 Å². The van der Waals surface area contributed by atoms with Crippen LogP contribution in [0.2, 0.25) is 0 Å². The van der Waals surface area contributed by atoms with Crippen LogP contribution in [0, 0.1) is 11.8 Å². The second-order valence-electron chi connectivity index (χ2n) is 4.34. The van der Waals surface area contributed by atoms with Gasteiger partial charge in [0.15, 0.2) is 0 Å². The maximum atomic E-state index is 4.34. The zero-order valence-electron chi connectivity index (χ0n) is 11.5. The van der Waals surface area contributed by atoms with Crippen LogP contribution in [0.15, 0.2) is 66.0 Å². The Kier molecular flexibility index (Phi) is 4.04. The lowest BCUT2D eigenvalue weighted by Gasteiger charge is -2.01. The lowest BCUT2D eigenvalue weighted by molar-refractivity contribution is 0.879. The molecule has 0 amide bonds. The highest BCUT2D eigenvalue weighted by Crippen LogP contribution is 2.16. The monoisotopic (exact) mass is 291 g/mol. The summed E-state index contributed by atoms with van der Waals surface area (Å²) in [5, 5.41) is 4.34. The molecular weight excluding hydrogens is 278 g/mol. The van der Waals surface area contributed by atoms with Crippen molar-refractivity contribution in [2.45, 2.75) is 4.90 Å². The molecule has 1 aromatic carbocycles. The van der Waals surface area contributed by atoms with Crippen LogP contribution in [0.1, 0.15) is 11.3 Å². The highest BCUT2D eigenvalue weighted by molar-refractivity contribution is 7.98. The van der Waals surface area contributed by atoms with E-state index in [2.05, 4.69) is 52.4 Å². The Hall–Kier alpha value is -2.51. The van der Waals surface area contributed by atoms with Crippen LogP contribution in [-0.4, -0.2) is 21.0 Å². The number of thioether (sulfide) groups is 1. The largest absolute Gasteiger partial charge is 0.248 e. The van der Waals surface area contributed by atoms with E-state index in [1.54, 1.807) is 24.2 Å². The van der Waals surface area contributed by atoms with Crippen molar-refractivity contribution in [1.29, 1.82) is 0 Å². The van der Waals surface area contributed by atoms with Gasteiger partial charge in [-0.2, -0.15) is 5.10 Å². The molecule has 3 rings (SSSR count). The summed E-state index contributed by atoms with van der Waals surface area (Å²) in [4.78, 5) is 5.41. The van der Waals surface area contributed by atoms with Crippen molar-refractivity contribution >= 4 is 11.8 Å². The van der Waals surface area contributed by atoms with E-state index < -0.39 is 0 Å². The fourth-order valence-corrected chi connectivity index (χ4v) is 2.24. The summed E-state index contributed by atoms with van der Waals surface area (Å²) in [6.07, 6.45) is 7.48. The number of nitrogens with zero attached hydrogens (tertiary/aromatic N) is 3. The van der Waals surface area contributed by atoms with Gasteiger partial charge in [0.05, 0.1) is 17.4 Å². The molecule has 0 fully saturated rings. The minimum Gasteiger partial charge on any atom is -0.248 e. The Morgan fingerprint density at radius 3 is 2.62 bits per heavy atom. The van der Waals surface area contributed by atoms with Gasteiger partial charge in [-0.25, -0.2) is 9.67 Å². The number of benzene rings is 1. The van der Waals surface area contributed by atoms with Gasteiger partial charge < -0.3 is 0 Å². The van der Waals surface area contributed by atoms with Gasteiger partial charge in [-0.15, -0.1) is 11.8 Å². The first-order chi connectivity index (χ1) is 10.3. The summed E-state index contributed by atoms with van der Waals surface area (Å²) < 4.78 is 1.83. The number of hydrogen-bond acceptors (Lipinski definition) is 3. The average Bonchev–Trinajstić information content (AvgIpc) is 3.03. The fourth-order valence-electron chi connectivity index (χ4n) is 1.84. The standard InChI is InChI=1S/C17H13N3S/c1-21-17-9-7-16(8-10-17)20-13-14(12-19-20)5-6-15-4-2-3-11-18-15/h2-4,7-13H,1H3. The highest BCUT2D eigenvalue weighted by Gasteiger charge is 1.99. The summed E-state index contributed by atoms with van der Waals surface area (Å²) in [5.74, 6) is 6.10. The second kappa shape index (κ2) is 6.29. The Bertz CT molecular complexity index is 780. The molecule has 0 saturated heterocycles. The van der Waals surface area contributed by atoms with Gasteiger partial charge in [-0.05, 0) is 48.6 Å². The van der Waals surface area contributed by atoms with Crippen LogP contribution < -0.4 is 0 Å². The Morgan fingerprint density at radius 1 is 1.05 bits per heavy atom. The molecule has 0 spiro atoms. The van der Waals surface area contributed by atoms with Crippen molar-refractivity contribution in [3.63, 3.8) is 0 Å². The molecule has 4 heteroatoms. The summed E-state index contributed by atoms with van der Waals surface area (Å²) >= 11 is 1.72. The first kappa shape index (κ1) is 13.5. The van der Waals surface area contributed by atoms with Gasteiger partial charge in [0.2, 0.25) is 0 Å². The number of hydrogen-bond donors (Lipinski definition) is 0. The molecule has 3 aromatic rings. The zero-order valence-corrected chi connectivity index (χ0v) is 12.3. The van der Waals surface area contributed by atoms with Gasteiger partial charge >= 0.3 is 0 Å². The molecule has 0 radical (unpaired) electrons. The van der Waals surface area contributed by atoms with Gasteiger partial charge in [0.1, 0.15) is 5.69 Å². The van der Waals surface area contributed by atoms with Gasteiger partial charge in [-0.3, -0.25) is 0 Å². The third-order valence-electron chi connectivity index (χ3n) is 2.92. The first-order valence-corrected chi connectivity index (χ1v) is 7.70. The first-order valence-electron chi connectivity index (χ1n) is 6.47. The highest BCUT2D eigenvalue weighted by atomic mass is 32.2. The quantitative estimate of drug-likeness (QED) is 0.535. The molecule has 0 aliphatic carbocycles. The molecule has 102 valence electrons. The topological polar surface area (TPSA) is 30.7 Å². The van der Waals surface area contributed by atoms with Crippen molar-refractivity contribution in [2.75, 3.05) is 6.26 Å². The van der Waals surface area contributed by atoms with Crippen molar-refractivity contribution in [3.8, 4) is 17.5 Å². The van der Waals surface area contributed by atoms with Crippen LogP contribution in [0.25, 0.3) is 5.69 Å². The zero-order chi connectivity index (χ0) is 14.5. The summed E-state index contributed by atoms with van der Waals surface area (Å²) in [5.41, 5.74) is 2.66. The van der Waals surface area contributed by atoms with E-state index in [1.165, 1.54) is 4.90 Å². The molecule has 0 unspecified atom stereocenters. The van der Waals surface area contributed by atoms with Crippen LogP contribution in [0.5, 0.6) is 0 Å². The molecule has 0 atom stereocenters. The van der Waals surface area contributed by atoms with Crippen molar-refractivity contribution in [2.24, 2.45) is 0 Å². The van der Waals surface area contributed by atoms with Gasteiger partial charge in [-0.1, -0.05) is 12.0 Å². The predicted molar refractivity (Wildman–Crippen MR) is 85.6 cm³/mol. The number of rotatable bonds is 2. The fraction of sp³-hybridized carbons (Fsp3) is 0.0588. The lowest BCUT2D eigenvalue weighted by atomic mass is 10.3. The van der Waals surface area contributed by atoms with E-state index in [0.29, 0.717) is 0 Å². The van der Waals surface area contributed by atoms with E-state index in [9.17, 15) is 0 Å². The van der Waals surface area contributed by atoms with E-state index in [4.69, 9.17) is 0 Å². The molecule has 2 heterocycles. The van der Waals surface area contributed by atoms with E-state index in [0.717, 1.165) is 16.9 Å². The molecule has 0 saturated carbocycles. The molecular formula is C17H13N3S. The average molecular weight is 291 g/mol. The molecule has 3 nitrogen and oxygen atoms in total. The minimum atomic E-state index is 0.759. The van der Waals surface area contributed by atoms with Gasteiger partial charge in [0.25, 0.3) is 0 Å². The maximum Gasteiger partial charge on any atom is 0.113 e. The van der Waals surface area contributed by atoms with Crippen molar-refractivity contribution in [3.05, 3.63) is 72.3 Å². The molecule has 0 aliphatic rings. The maximum absolute atomic E-state index is 4.34. The molecule has 2 aromatic heterocycles. The SMILES string of the molecule is CSc1ccc(-n2cc(C#Cc3ccccn3)cn2)cc1.